The predicted octanol–water partition coefficient (Wildman–Crippen LogP) is 3.42. The fraction of sp³-hybridized carbons (Fsp3) is 0.375. The van der Waals surface area contributed by atoms with Crippen LogP contribution in [-0.2, 0) is 0 Å². The van der Waals surface area contributed by atoms with Gasteiger partial charge in [-0.3, -0.25) is 0 Å². The maximum Gasteiger partial charge on any atom is 0.0931 e. The van der Waals surface area contributed by atoms with Gasteiger partial charge >= 0.3 is 0 Å². The van der Waals surface area contributed by atoms with E-state index in [2.05, 4.69) is 6.07 Å². The van der Waals surface area contributed by atoms with Gasteiger partial charge in [-0.1, -0.05) is 18.5 Å². The maximum atomic E-state index is 8.70. The summed E-state index contributed by atoms with van der Waals surface area (Å²) in [7, 11) is 0. The molecule has 0 spiro atoms. The molecule has 1 nitrogen and oxygen atoms in total. The molecule has 3 heteroatoms. The molecule has 0 aromatic carbocycles. The van der Waals surface area contributed by atoms with E-state index >= 15 is 0 Å². The van der Waals surface area contributed by atoms with Crippen LogP contribution >= 0.6 is 22.9 Å². The van der Waals surface area contributed by atoms with Crippen molar-refractivity contribution in [3.05, 3.63) is 21.3 Å². The molecule has 0 radical (unpaired) electrons. The largest absolute Gasteiger partial charge is 0.198 e. The lowest BCUT2D eigenvalue weighted by Gasteiger charge is -1.99. The zero-order valence-corrected chi connectivity index (χ0v) is 7.75. The number of nitrogens with zero attached hydrogens (tertiary/aromatic N) is 1. The van der Waals surface area contributed by atoms with Crippen LogP contribution in [0, 0.1) is 11.3 Å². The quantitative estimate of drug-likeness (QED) is 0.693. The summed E-state index contributed by atoms with van der Waals surface area (Å²) in [6.07, 6.45) is 0.855. The van der Waals surface area contributed by atoms with Crippen LogP contribution in [0.1, 0.15) is 24.1 Å². The molecule has 0 saturated heterocycles. The third-order valence-electron chi connectivity index (χ3n) is 1.50. The Morgan fingerprint density at radius 3 is 2.82 bits per heavy atom. The van der Waals surface area contributed by atoms with E-state index in [1.54, 1.807) is 0 Å². The van der Waals surface area contributed by atoms with Crippen molar-refractivity contribution in [2.75, 3.05) is 0 Å². The fourth-order valence-electron chi connectivity index (χ4n) is 0.872. The molecule has 1 aromatic rings. The number of thiophene rings is 1. The Morgan fingerprint density at radius 2 is 2.45 bits per heavy atom. The normalized spacial score (nSPS) is 12.5. The molecule has 1 atom stereocenters. The molecule has 11 heavy (non-hydrogen) atoms. The van der Waals surface area contributed by atoms with Crippen LogP contribution in [0.2, 0.25) is 4.34 Å². The van der Waals surface area contributed by atoms with Gasteiger partial charge in [-0.15, -0.1) is 11.3 Å². The fourth-order valence-corrected chi connectivity index (χ4v) is 2.06. The van der Waals surface area contributed by atoms with Crippen molar-refractivity contribution >= 4 is 22.9 Å². The van der Waals surface area contributed by atoms with E-state index in [0.29, 0.717) is 0 Å². The van der Waals surface area contributed by atoms with Gasteiger partial charge in [0.1, 0.15) is 0 Å². The van der Waals surface area contributed by atoms with Crippen LogP contribution in [0.5, 0.6) is 0 Å². The highest BCUT2D eigenvalue weighted by atomic mass is 35.5. The van der Waals surface area contributed by atoms with Crippen molar-refractivity contribution in [1.82, 2.24) is 0 Å². The van der Waals surface area contributed by atoms with Gasteiger partial charge in [0.15, 0.2) is 0 Å². The number of nitriles is 1. The first-order chi connectivity index (χ1) is 5.27. The highest BCUT2D eigenvalue weighted by molar-refractivity contribution is 7.16. The van der Waals surface area contributed by atoms with Crippen LogP contribution in [0.15, 0.2) is 12.1 Å². The van der Waals surface area contributed by atoms with E-state index in [1.807, 2.05) is 19.1 Å². The van der Waals surface area contributed by atoms with Gasteiger partial charge in [0, 0.05) is 4.88 Å². The lowest BCUT2D eigenvalue weighted by Crippen LogP contribution is -1.87. The minimum atomic E-state index is 0.0208. The molecule has 1 aromatic heterocycles. The number of hydrogen-bond donors (Lipinski definition) is 0. The summed E-state index contributed by atoms with van der Waals surface area (Å²) in [6.45, 7) is 2.00. The van der Waals surface area contributed by atoms with Gasteiger partial charge in [0.2, 0.25) is 0 Å². The SMILES string of the molecule is CCC(C#N)c1ccc(Cl)s1. The molecule has 0 aliphatic heterocycles. The summed E-state index contributed by atoms with van der Waals surface area (Å²) >= 11 is 7.22. The Balaban J connectivity index is 2.84. The molecule has 0 amide bonds. The second-order valence-electron chi connectivity index (χ2n) is 2.23. The molecule has 0 fully saturated rings. The monoisotopic (exact) mass is 185 g/mol. The average Bonchev–Trinajstić information content (AvgIpc) is 2.39. The standard InChI is InChI=1S/C8H8ClNS/c1-2-6(5-10)7-3-4-8(9)11-7/h3-4,6H,2H2,1H3. The molecule has 0 aliphatic rings. The van der Waals surface area contributed by atoms with Crippen LogP contribution in [-0.4, -0.2) is 0 Å². The van der Waals surface area contributed by atoms with Gasteiger partial charge in [0.05, 0.1) is 16.3 Å². The van der Waals surface area contributed by atoms with E-state index < -0.39 is 0 Å². The highest BCUT2D eigenvalue weighted by Crippen LogP contribution is 2.29. The minimum absolute atomic E-state index is 0.0208. The number of rotatable bonds is 2. The summed E-state index contributed by atoms with van der Waals surface area (Å²) < 4.78 is 0.758. The first-order valence-electron chi connectivity index (χ1n) is 3.42. The lowest BCUT2D eigenvalue weighted by molar-refractivity contribution is 0.834. The summed E-state index contributed by atoms with van der Waals surface area (Å²) in [5, 5.41) is 8.70. The summed E-state index contributed by atoms with van der Waals surface area (Å²) in [6, 6.07) is 5.99. The molecule has 58 valence electrons. The van der Waals surface area contributed by atoms with Crippen molar-refractivity contribution in [2.45, 2.75) is 19.3 Å². The van der Waals surface area contributed by atoms with Gasteiger partial charge in [-0.2, -0.15) is 5.26 Å². The van der Waals surface area contributed by atoms with Crippen molar-refractivity contribution < 1.29 is 0 Å². The van der Waals surface area contributed by atoms with Gasteiger partial charge < -0.3 is 0 Å². The average molecular weight is 186 g/mol. The number of halogens is 1. The third kappa shape index (κ3) is 1.95. The van der Waals surface area contributed by atoms with Crippen molar-refractivity contribution in [1.29, 1.82) is 5.26 Å². The molecule has 0 N–H and O–H groups in total. The van der Waals surface area contributed by atoms with Crippen molar-refractivity contribution in [2.24, 2.45) is 0 Å². The summed E-state index contributed by atoms with van der Waals surface area (Å²) in [4.78, 5) is 1.07. The van der Waals surface area contributed by atoms with E-state index in [0.717, 1.165) is 15.6 Å². The summed E-state index contributed by atoms with van der Waals surface area (Å²) in [5.74, 6) is 0.0208. The zero-order valence-electron chi connectivity index (χ0n) is 6.17. The second-order valence-corrected chi connectivity index (χ2v) is 3.98. The van der Waals surface area contributed by atoms with E-state index in [1.165, 1.54) is 11.3 Å². The zero-order chi connectivity index (χ0) is 8.27. The van der Waals surface area contributed by atoms with E-state index in [4.69, 9.17) is 16.9 Å². The minimum Gasteiger partial charge on any atom is -0.198 e. The van der Waals surface area contributed by atoms with Gasteiger partial charge in [0.25, 0.3) is 0 Å². The second kappa shape index (κ2) is 3.75. The summed E-state index contributed by atoms with van der Waals surface area (Å²) in [5.41, 5.74) is 0. The van der Waals surface area contributed by atoms with Crippen LogP contribution in [0.3, 0.4) is 0 Å². The third-order valence-corrected chi connectivity index (χ3v) is 2.85. The first kappa shape index (κ1) is 8.58. The Morgan fingerprint density at radius 1 is 1.73 bits per heavy atom. The Kier molecular flexibility index (Phi) is 2.92. The maximum absolute atomic E-state index is 8.70. The molecule has 0 aliphatic carbocycles. The molecule has 0 saturated carbocycles. The highest BCUT2D eigenvalue weighted by Gasteiger charge is 2.09. The Labute approximate surface area is 75.2 Å². The van der Waals surface area contributed by atoms with Crippen LogP contribution < -0.4 is 0 Å². The van der Waals surface area contributed by atoms with Gasteiger partial charge in [-0.05, 0) is 18.6 Å². The molecule has 1 unspecified atom stereocenters. The molecule has 1 rings (SSSR count). The van der Waals surface area contributed by atoms with Crippen molar-refractivity contribution in [3.63, 3.8) is 0 Å². The van der Waals surface area contributed by atoms with E-state index in [9.17, 15) is 0 Å². The predicted molar refractivity (Wildman–Crippen MR) is 48.0 cm³/mol. The molecule has 1 heterocycles. The smallest absolute Gasteiger partial charge is 0.0931 e. The molecular weight excluding hydrogens is 178 g/mol. The van der Waals surface area contributed by atoms with Crippen molar-refractivity contribution in [3.8, 4) is 6.07 Å². The topological polar surface area (TPSA) is 23.8 Å². The Bertz CT molecular complexity index is 274. The molecule has 0 bridgehead atoms. The van der Waals surface area contributed by atoms with Crippen LogP contribution in [0.4, 0.5) is 0 Å². The van der Waals surface area contributed by atoms with E-state index in [-0.39, 0.29) is 5.92 Å². The Hall–Kier alpha value is -0.520. The number of hydrogen-bond acceptors (Lipinski definition) is 2. The van der Waals surface area contributed by atoms with Gasteiger partial charge in [-0.25, -0.2) is 0 Å². The van der Waals surface area contributed by atoms with Crippen LogP contribution in [0.25, 0.3) is 0 Å². The lowest BCUT2D eigenvalue weighted by atomic mass is 10.1. The first-order valence-corrected chi connectivity index (χ1v) is 4.62. The molecular formula is C8H8ClNS.